The molecule has 0 aromatic rings. The number of aliphatic hydroxyl groups is 1. The van der Waals surface area contributed by atoms with E-state index in [0.717, 1.165) is 32.4 Å². The van der Waals surface area contributed by atoms with Crippen LogP contribution in [-0.4, -0.2) is 48.7 Å². The second-order valence-corrected chi connectivity index (χ2v) is 4.24. The van der Waals surface area contributed by atoms with Gasteiger partial charge >= 0.3 is 0 Å². The number of hydrogen-bond acceptors (Lipinski definition) is 3. The molecule has 0 aromatic carbocycles. The van der Waals surface area contributed by atoms with E-state index in [4.69, 9.17) is 11.5 Å². The smallest absolute Gasteiger partial charge is 0.234 e. The highest BCUT2D eigenvalue weighted by atomic mass is 16.3. The molecule has 16 heavy (non-hydrogen) atoms. The Labute approximate surface area is 97.0 Å². The van der Waals surface area contributed by atoms with E-state index in [1.165, 1.54) is 0 Å². The van der Waals surface area contributed by atoms with Crippen LogP contribution in [0.2, 0.25) is 0 Å². The van der Waals surface area contributed by atoms with Gasteiger partial charge in [-0.25, -0.2) is 0 Å². The number of hydrogen-bond donors (Lipinski definition) is 2. The van der Waals surface area contributed by atoms with Gasteiger partial charge in [0.1, 0.15) is 0 Å². The molecule has 1 aliphatic rings. The molecule has 90 valence electrons. The standard InChI is InChI=1S/C12H20N2O2/c1-2-6-13-12(16)10-14-7-3-4-11(9-14)5-8-15/h1,11,15H,3-10H2,(H,13,16). The maximum absolute atomic E-state index is 11.4. The summed E-state index contributed by atoms with van der Waals surface area (Å²) < 4.78 is 0. The summed E-state index contributed by atoms with van der Waals surface area (Å²) >= 11 is 0. The lowest BCUT2D eigenvalue weighted by molar-refractivity contribution is -0.122. The third-order valence-corrected chi connectivity index (χ3v) is 2.90. The van der Waals surface area contributed by atoms with E-state index in [1.807, 2.05) is 0 Å². The maximum atomic E-state index is 11.4. The molecule has 1 heterocycles. The molecule has 1 unspecified atom stereocenters. The third kappa shape index (κ3) is 4.65. The Morgan fingerprint density at radius 2 is 2.44 bits per heavy atom. The quantitative estimate of drug-likeness (QED) is 0.638. The summed E-state index contributed by atoms with van der Waals surface area (Å²) in [7, 11) is 0. The first kappa shape index (κ1) is 13.0. The van der Waals surface area contributed by atoms with Gasteiger partial charge in [-0.05, 0) is 31.7 Å². The summed E-state index contributed by atoms with van der Waals surface area (Å²) in [6.45, 7) is 2.83. The van der Waals surface area contributed by atoms with Gasteiger partial charge in [0.25, 0.3) is 0 Å². The second kappa shape index (κ2) is 7.26. The summed E-state index contributed by atoms with van der Waals surface area (Å²) in [4.78, 5) is 13.6. The molecule has 1 atom stereocenters. The molecule has 4 nitrogen and oxygen atoms in total. The molecule has 0 spiro atoms. The number of piperidine rings is 1. The van der Waals surface area contributed by atoms with Gasteiger partial charge in [-0.1, -0.05) is 5.92 Å². The van der Waals surface area contributed by atoms with Crippen molar-refractivity contribution in [3.8, 4) is 12.3 Å². The Morgan fingerprint density at radius 3 is 3.12 bits per heavy atom. The van der Waals surface area contributed by atoms with Crippen molar-refractivity contribution in [2.75, 3.05) is 32.8 Å². The first-order valence-electron chi connectivity index (χ1n) is 5.79. The topological polar surface area (TPSA) is 52.6 Å². The summed E-state index contributed by atoms with van der Waals surface area (Å²) in [5.74, 6) is 2.90. The van der Waals surface area contributed by atoms with E-state index in [1.54, 1.807) is 0 Å². The number of nitrogens with zero attached hydrogens (tertiary/aromatic N) is 1. The normalized spacial score (nSPS) is 21.4. The van der Waals surface area contributed by atoms with Crippen molar-refractivity contribution >= 4 is 5.91 Å². The van der Waals surface area contributed by atoms with Crippen molar-refractivity contribution in [1.29, 1.82) is 0 Å². The first-order valence-corrected chi connectivity index (χ1v) is 5.79. The molecule has 0 saturated carbocycles. The number of rotatable bonds is 5. The Morgan fingerprint density at radius 1 is 1.62 bits per heavy atom. The average Bonchev–Trinajstić information content (AvgIpc) is 2.27. The van der Waals surface area contributed by atoms with Crippen LogP contribution in [0.4, 0.5) is 0 Å². The van der Waals surface area contributed by atoms with Crippen LogP contribution in [-0.2, 0) is 4.79 Å². The van der Waals surface area contributed by atoms with Crippen LogP contribution in [0.1, 0.15) is 19.3 Å². The number of nitrogens with one attached hydrogen (secondary N) is 1. The van der Waals surface area contributed by atoms with E-state index in [2.05, 4.69) is 16.1 Å². The zero-order chi connectivity index (χ0) is 11.8. The highest BCUT2D eigenvalue weighted by molar-refractivity contribution is 5.78. The Bertz CT molecular complexity index is 258. The van der Waals surface area contributed by atoms with Crippen molar-refractivity contribution in [1.82, 2.24) is 10.2 Å². The van der Waals surface area contributed by atoms with Crippen molar-refractivity contribution in [2.45, 2.75) is 19.3 Å². The molecule has 4 heteroatoms. The molecule has 0 radical (unpaired) electrons. The Kier molecular flexibility index (Phi) is 5.91. The van der Waals surface area contributed by atoms with Crippen LogP contribution in [0.3, 0.4) is 0 Å². The van der Waals surface area contributed by atoms with Gasteiger partial charge in [-0.15, -0.1) is 6.42 Å². The molecule has 1 saturated heterocycles. The molecule has 2 N–H and O–H groups in total. The molecule has 0 aliphatic carbocycles. The van der Waals surface area contributed by atoms with Gasteiger partial charge in [0.2, 0.25) is 5.91 Å². The predicted molar refractivity (Wildman–Crippen MR) is 62.7 cm³/mol. The lowest BCUT2D eigenvalue weighted by atomic mass is 9.95. The number of terminal acetylenes is 1. The first-order chi connectivity index (χ1) is 7.76. The lowest BCUT2D eigenvalue weighted by Gasteiger charge is -2.31. The van der Waals surface area contributed by atoms with Gasteiger partial charge in [0, 0.05) is 13.2 Å². The Hall–Kier alpha value is -1.05. The van der Waals surface area contributed by atoms with Gasteiger partial charge in [0.15, 0.2) is 0 Å². The van der Waals surface area contributed by atoms with Crippen molar-refractivity contribution in [3.63, 3.8) is 0 Å². The molecule has 0 bridgehead atoms. The molecule has 1 fully saturated rings. The van der Waals surface area contributed by atoms with Crippen LogP contribution in [0.15, 0.2) is 0 Å². The average molecular weight is 224 g/mol. The minimum Gasteiger partial charge on any atom is -0.396 e. The van der Waals surface area contributed by atoms with Crippen molar-refractivity contribution < 1.29 is 9.90 Å². The van der Waals surface area contributed by atoms with Crippen LogP contribution < -0.4 is 5.32 Å². The van der Waals surface area contributed by atoms with E-state index in [0.29, 0.717) is 19.0 Å². The van der Waals surface area contributed by atoms with E-state index in [-0.39, 0.29) is 12.5 Å². The second-order valence-electron chi connectivity index (χ2n) is 4.24. The molecule has 1 amide bonds. The molecular formula is C12H20N2O2. The summed E-state index contributed by atoms with van der Waals surface area (Å²) in [6.07, 6.45) is 8.16. The monoisotopic (exact) mass is 224 g/mol. The van der Waals surface area contributed by atoms with Crippen LogP contribution in [0.5, 0.6) is 0 Å². The summed E-state index contributed by atoms with van der Waals surface area (Å²) in [5, 5.41) is 11.5. The lowest BCUT2D eigenvalue weighted by Crippen LogP contribution is -2.42. The fourth-order valence-corrected chi connectivity index (χ4v) is 2.12. The van der Waals surface area contributed by atoms with Gasteiger partial charge < -0.3 is 10.4 Å². The molecule has 1 aliphatic heterocycles. The minimum atomic E-state index is -0.0115. The highest BCUT2D eigenvalue weighted by Crippen LogP contribution is 2.18. The molecule has 1 rings (SSSR count). The number of carbonyl (C=O) groups excluding carboxylic acids is 1. The SMILES string of the molecule is C#CCNC(=O)CN1CCCC(CCO)C1. The zero-order valence-corrected chi connectivity index (χ0v) is 9.61. The van der Waals surface area contributed by atoms with Gasteiger partial charge in [-0.2, -0.15) is 0 Å². The number of amides is 1. The maximum Gasteiger partial charge on any atom is 0.234 e. The fraction of sp³-hybridized carbons (Fsp3) is 0.750. The Balaban J connectivity index is 2.26. The molecule has 0 aromatic heterocycles. The minimum absolute atomic E-state index is 0.0115. The van der Waals surface area contributed by atoms with Crippen LogP contribution in [0.25, 0.3) is 0 Å². The largest absolute Gasteiger partial charge is 0.396 e. The van der Waals surface area contributed by atoms with Crippen molar-refractivity contribution in [2.24, 2.45) is 5.92 Å². The van der Waals surface area contributed by atoms with E-state index in [9.17, 15) is 4.79 Å². The zero-order valence-electron chi connectivity index (χ0n) is 9.61. The summed E-state index contributed by atoms with van der Waals surface area (Å²) in [5.41, 5.74) is 0. The highest BCUT2D eigenvalue weighted by Gasteiger charge is 2.20. The van der Waals surface area contributed by atoms with Crippen molar-refractivity contribution in [3.05, 3.63) is 0 Å². The van der Waals surface area contributed by atoms with Crippen LogP contribution >= 0.6 is 0 Å². The van der Waals surface area contributed by atoms with E-state index < -0.39 is 0 Å². The predicted octanol–water partition coefficient (Wildman–Crippen LogP) is -0.170. The van der Waals surface area contributed by atoms with Gasteiger partial charge in [-0.3, -0.25) is 9.69 Å². The number of carbonyl (C=O) groups is 1. The number of likely N-dealkylation sites (tertiary alicyclic amines) is 1. The summed E-state index contributed by atoms with van der Waals surface area (Å²) in [6, 6.07) is 0. The molecular weight excluding hydrogens is 204 g/mol. The third-order valence-electron chi connectivity index (χ3n) is 2.90. The van der Waals surface area contributed by atoms with Crippen LogP contribution in [0, 0.1) is 18.3 Å². The fourth-order valence-electron chi connectivity index (χ4n) is 2.12. The van der Waals surface area contributed by atoms with E-state index >= 15 is 0 Å². The van der Waals surface area contributed by atoms with Gasteiger partial charge in [0.05, 0.1) is 13.1 Å². The number of aliphatic hydroxyl groups excluding tert-OH is 1.